The van der Waals surface area contributed by atoms with E-state index in [1.165, 1.54) is 0 Å². The summed E-state index contributed by atoms with van der Waals surface area (Å²) in [6.07, 6.45) is 8.38. The molecule has 0 aromatic rings. The quantitative estimate of drug-likeness (QED) is 0.486. The Balaban J connectivity index is 2.58. The van der Waals surface area contributed by atoms with Crippen molar-refractivity contribution in [2.45, 2.75) is 71.6 Å². The lowest BCUT2D eigenvalue weighted by Gasteiger charge is -2.32. The lowest BCUT2D eigenvalue weighted by atomic mass is 10.1. The van der Waals surface area contributed by atoms with E-state index < -0.39 is 5.79 Å². The summed E-state index contributed by atoms with van der Waals surface area (Å²) in [6.45, 7) is 10.3. The minimum Gasteiger partial charge on any atom is -0.497 e. The molecule has 5 heteroatoms. The number of hydrogen-bond acceptors (Lipinski definition) is 5. The first-order valence-corrected chi connectivity index (χ1v) is 9.28. The average molecular weight is 341 g/mol. The van der Waals surface area contributed by atoms with Crippen molar-refractivity contribution < 1.29 is 19.3 Å². The molecule has 0 amide bonds. The molecule has 1 unspecified atom stereocenters. The molecule has 0 bridgehead atoms. The molecule has 0 saturated carbocycles. The van der Waals surface area contributed by atoms with Gasteiger partial charge in [0, 0.05) is 25.0 Å². The van der Waals surface area contributed by atoms with Crippen molar-refractivity contribution in [3.8, 4) is 0 Å². The Morgan fingerprint density at radius 1 is 1.21 bits per heavy atom. The van der Waals surface area contributed by atoms with Crippen molar-refractivity contribution in [3.05, 3.63) is 11.8 Å². The van der Waals surface area contributed by atoms with Crippen LogP contribution in [0.2, 0.25) is 0 Å². The smallest absolute Gasteiger partial charge is 0.171 e. The Bertz CT molecular complexity index is 385. The van der Waals surface area contributed by atoms with E-state index in [1.807, 2.05) is 13.0 Å². The number of aliphatic hydroxyl groups excluding tert-OH is 1. The molecular formula is C19H35NO4. The van der Waals surface area contributed by atoms with Crippen LogP contribution < -0.4 is 0 Å². The molecule has 1 fully saturated rings. The van der Waals surface area contributed by atoms with Crippen LogP contribution in [-0.4, -0.2) is 49.6 Å². The second kappa shape index (κ2) is 11.6. The van der Waals surface area contributed by atoms with E-state index >= 15 is 0 Å². The van der Waals surface area contributed by atoms with Crippen molar-refractivity contribution in [3.63, 3.8) is 0 Å². The minimum absolute atomic E-state index is 0.0520. The highest BCUT2D eigenvalue weighted by Crippen LogP contribution is 2.28. The van der Waals surface area contributed by atoms with Gasteiger partial charge in [0.05, 0.1) is 38.2 Å². The van der Waals surface area contributed by atoms with Gasteiger partial charge in [-0.25, -0.2) is 0 Å². The third kappa shape index (κ3) is 7.77. The number of aliphatic hydroxyl groups is 1. The van der Waals surface area contributed by atoms with Crippen LogP contribution in [0.15, 0.2) is 16.8 Å². The maximum atomic E-state index is 9.00. The zero-order valence-corrected chi connectivity index (χ0v) is 15.8. The van der Waals surface area contributed by atoms with Gasteiger partial charge in [0.1, 0.15) is 0 Å². The maximum absolute atomic E-state index is 9.00. The first-order chi connectivity index (χ1) is 11.5. The molecule has 0 spiro atoms. The van der Waals surface area contributed by atoms with E-state index in [-0.39, 0.29) is 18.6 Å². The highest BCUT2D eigenvalue weighted by Gasteiger charge is 2.32. The molecule has 1 saturated heterocycles. The van der Waals surface area contributed by atoms with Gasteiger partial charge in [0.25, 0.3) is 0 Å². The van der Waals surface area contributed by atoms with Crippen molar-refractivity contribution in [2.75, 3.05) is 26.4 Å². The number of nitrogens with zero attached hydrogens (tertiary/aromatic N) is 1. The number of aliphatic imine (C=N–C) groups is 1. The Hall–Kier alpha value is -0.910. The summed E-state index contributed by atoms with van der Waals surface area (Å²) in [4.78, 5) is 4.24. The van der Waals surface area contributed by atoms with Gasteiger partial charge in [-0.05, 0) is 25.8 Å². The first kappa shape index (κ1) is 21.1. The van der Waals surface area contributed by atoms with Gasteiger partial charge in [0.2, 0.25) is 0 Å². The topological polar surface area (TPSA) is 60.3 Å². The molecule has 0 aliphatic carbocycles. The average Bonchev–Trinajstić information content (AvgIpc) is 2.79. The van der Waals surface area contributed by atoms with Gasteiger partial charge >= 0.3 is 0 Å². The summed E-state index contributed by atoms with van der Waals surface area (Å²) in [7, 11) is 0. The highest BCUT2D eigenvalue weighted by molar-refractivity contribution is 5.71. The van der Waals surface area contributed by atoms with E-state index in [1.54, 1.807) is 6.21 Å². The molecule has 1 aliphatic heterocycles. The number of rotatable bonds is 10. The van der Waals surface area contributed by atoms with Crippen molar-refractivity contribution in [1.29, 1.82) is 0 Å². The third-order valence-corrected chi connectivity index (χ3v) is 4.06. The minimum atomic E-state index is -0.493. The van der Waals surface area contributed by atoms with Crippen LogP contribution in [0.25, 0.3) is 0 Å². The van der Waals surface area contributed by atoms with Gasteiger partial charge in [-0.3, -0.25) is 4.99 Å². The fourth-order valence-corrected chi connectivity index (χ4v) is 2.60. The summed E-state index contributed by atoms with van der Waals surface area (Å²) in [5.74, 6) is 0.676. The third-order valence-electron chi connectivity index (χ3n) is 4.06. The highest BCUT2D eigenvalue weighted by atomic mass is 16.7. The largest absolute Gasteiger partial charge is 0.497 e. The summed E-state index contributed by atoms with van der Waals surface area (Å²) in [5.41, 5.74) is 0. The van der Waals surface area contributed by atoms with Crippen LogP contribution in [0.3, 0.4) is 0 Å². The fourth-order valence-electron chi connectivity index (χ4n) is 2.60. The number of ether oxygens (including phenoxy) is 3. The van der Waals surface area contributed by atoms with Crippen molar-refractivity contribution in [2.24, 2.45) is 10.9 Å². The molecule has 1 heterocycles. The predicted octanol–water partition coefficient (Wildman–Crippen LogP) is 3.71. The fraction of sp³-hybridized carbons (Fsp3) is 0.842. The first-order valence-electron chi connectivity index (χ1n) is 9.28. The number of allylic oxidation sites excluding steroid dienone is 2. The summed E-state index contributed by atoms with van der Waals surface area (Å²) >= 11 is 0. The van der Waals surface area contributed by atoms with Crippen LogP contribution >= 0.6 is 0 Å². The predicted molar refractivity (Wildman–Crippen MR) is 97.3 cm³/mol. The lowest BCUT2D eigenvalue weighted by molar-refractivity contribution is -0.237. The molecule has 0 radical (unpaired) electrons. The monoisotopic (exact) mass is 341 g/mol. The molecule has 1 aliphatic rings. The van der Waals surface area contributed by atoms with Gasteiger partial charge in [-0.1, -0.05) is 27.2 Å². The molecule has 5 nitrogen and oxygen atoms in total. The molecular weight excluding hydrogens is 306 g/mol. The molecule has 0 aromatic heterocycles. The molecule has 1 rings (SSSR count). The molecule has 0 aromatic carbocycles. The van der Waals surface area contributed by atoms with Gasteiger partial charge in [0.15, 0.2) is 5.79 Å². The second-order valence-corrected chi connectivity index (χ2v) is 6.72. The van der Waals surface area contributed by atoms with E-state index in [2.05, 4.69) is 25.8 Å². The van der Waals surface area contributed by atoms with E-state index in [0.717, 1.165) is 51.1 Å². The summed E-state index contributed by atoms with van der Waals surface area (Å²) in [6, 6.07) is -0.0877. The van der Waals surface area contributed by atoms with Crippen molar-refractivity contribution in [1.82, 2.24) is 0 Å². The van der Waals surface area contributed by atoms with Gasteiger partial charge < -0.3 is 19.3 Å². The van der Waals surface area contributed by atoms with Crippen molar-refractivity contribution >= 4 is 6.21 Å². The Kier molecular flexibility index (Phi) is 10.2. The molecule has 140 valence electrons. The second-order valence-electron chi connectivity index (χ2n) is 6.72. The van der Waals surface area contributed by atoms with Crippen LogP contribution in [0.1, 0.15) is 59.8 Å². The van der Waals surface area contributed by atoms with Crippen LogP contribution in [0.5, 0.6) is 0 Å². The Morgan fingerprint density at radius 3 is 2.42 bits per heavy atom. The van der Waals surface area contributed by atoms with E-state index in [4.69, 9.17) is 19.3 Å². The lowest BCUT2D eigenvalue weighted by Crippen LogP contribution is -2.36. The summed E-state index contributed by atoms with van der Waals surface area (Å²) < 4.78 is 18.0. The normalized spacial score (nSPS) is 20.3. The van der Waals surface area contributed by atoms with Crippen LogP contribution in [0, 0.1) is 5.92 Å². The van der Waals surface area contributed by atoms with E-state index in [0.29, 0.717) is 6.61 Å². The maximum Gasteiger partial charge on any atom is 0.171 e. The number of hydrogen-bond donors (Lipinski definition) is 1. The standard InChI is InChI=1S/C19H35NO4/c1-5-9-19(23-12-6-7-13-24-19)10-14-22-18(16(2)3)8-11-20-17(4)15-21/h8,11,16-17,21H,5-7,9-10,12-15H2,1-4H3/b18-8+,20-11?. The Labute approximate surface area is 147 Å². The SMILES string of the molecule is CCCC1(CCO/C(=C/C=NC(C)CO)C(C)C)OCCCCO1. The zero-order valence-electron chi connectivity index (χ0n) is 15.8. The Morgan fingerprint density at radius 2 is 1.88 bits per heavy atom. The zero-order chi connectivity index (χ0) is 17.8. The van der Waals surface area contributed by atoms with Gasteiger partial charge in [-0.2, -0.15) is 0 Å². The summed E-state index contributed by atoms with van der Waals surface area (Å²) in [5, 5.41) is 9.00. The van der Waals surface area contributed by atoms with Crippen LogP contribution in [0.4, 0.5) is 0 Å². The van der Waals surface area contributed by atoms with Gasteiger partial charge in [-0.15, -0.1) is 0 Å². The van der Waals surface area contributed by atoms with Crippen LogP contribution in [-0.2, 0) is 14.2 Å². The van der Waals surface area contributed by atoms with E-state index in [9.17, 15) is 0 Å². The molecule has 24 heavy (non-hydrogen) atoms. The molecule has 1 N–H and O–H groups in total. The molecule has 1 atom stereocenters.